The van der Waals surface area contributed by atoms with Crippen LogP contribution in [-0.2, 0) is 14.8 Å². The van der Waals surface area contributed by atoms with Gasteiger partial charge in [-0.05, 0) is 49.2 Å². The molecule has 2 rings (SSSR count). The van der Waals surface area contributed by atoms with Crippen molar-refractivity contribution in [3.63, 3.8) is 0 Å². The molecule has 0 heterocycles. The van der Waals surface area contributed by atoms with E-state index in [0.29, 0.717) is 5.75 Å². The summed E-state index contributed by atoms with van der Waals surface area (Å²) in [5.41, 5.74) is 2.09. The average molecular weight is 394 g/mol. The number of sulfonamides is 1. The van der Waals surface area contributed by atoms with Crippen molar-refractivity contribution in [3.05, 3.63) is 59.4 Å². The molecule has 1 amide bonds. The Kier molecular flexibility index (Phi) is 6.79. The summed E-state index contributed by atoms with van der Waals surface area (Å²) in [6.45, 7) is 3.89. The number of para-hydroxylation sites is 1. The first-order chi connectivity index (χ1) is 12.7. The highest BCUT2D eigenvalue weighted by atomic mass is 32.2. The van der Waals surface area contributed by atoms with Crippen molar-refractivity contribution in [2.45, 2.75) is 13.8 Å². The summed E-state index contributed by atoms with van der Waals surface area (Å²) < 4.78 is 44.1. The molecule has 6 nitrogen and oxygen atoms in total. The second-order valence-corrected chi connectivity index (χ2v) is 8.07. The summed E-state index contributed by atoms with van der Waals surface area (Å²) in [5, 5.41) is 2.58. The molecule has 2 aromatic rings. The second-order valence-electron chi connectivity index (χ2n) is 6.17. The molecule has 8 heteroatoms. The van der Waals surface area contributed by atoms with E-state index in [9.17, 15) is 17.6 Å². The number of rotatable bonds is 8. The first-order valence-corrected chi connectivity index (χ1v) is 10.2. The average Bonchev–Trinajstić information content (AvgIpc) is 2.59. The molecule has 27 heavy (non-hydrogen) atoms. The zero-order valence-corrected chi connectivity index (χ0v) is 16.3. The molecule has 0 aliphatic rings. The number of anilines is 1. The third-order valence-corrected chi connectivity index (χ3v) is 5.11. The van der Waals surface area contributed by atoms with Crippen LogP contribution in [0.3, 0.4) is 0 Å². The van der Waals surface area contributed by atoms with Gasteiger partial charge in [0.2, 0.25) is 15.9 Å². The van der Waals surface area contributed by atoms with Crippen molar-refractivity contribution >= 4 is 21.6 Å². The minimum atomic E-state index is -3.82. The fourth-order valence-corrected chi connectivity index (χ4v) is 3.24. The van der Waals surface area contributed by atoms with Crippen LogP contribution < -0.4 is 14.4 Å². The summed E-state index contributed by atoms with van der Waals surface area (Å²) in [4.78, 5) is 12.1. The Labute approximate surface area is 159 Å². The quantitative estimate of drug-likeness (QED) is 0.698. The maximum atomic E-state index is 13.9. The number of carbonyl (C=O) groups is 1. The minimum absolute atomic E-state index is 0.165. The molecule has 0 fully saturated rings. The molecule has 0 atom stereocenters. The third kappa shape index (κ3) is 5.96. The lowest BCUT2D eigenvalue weighted by Crippen LogP contribution is -2.41. The molecule has 0 saturated heterocycles. The Balaban J connectivity index is 1.91. The number of nitrogens with one attached hydrogen (secondary N) is 1. The van der Waals surface area contributed by atoms with E-state index in [0.717, 1.165) is 27.8 Å². The van der Waals surface area contributed by atoms with E-state index in [2.05, 4.69) is 5.32 Å². The van der Waals surface area contributed by atoms with Crippen molar-refractivity contribution in [3.8, 4) is 5.75 Å². The van der Waals surface area contributed by atoms with Crippen LogP contribution in [0.15, 0.2) is 42.5 Å². The van der Waals surface area contributed by atoms with E-state index in [1.54, 1.807) is 0 Å². The molecule has 0 bridgehead atoms. The number of aryl methyl sites for hydroxylation is 2. The second kappa shape index (κ2) is 8.85. The predicted molar refractivity (Wildman–Crippen MR) is 103 cm³/mol. The Morgan fingerprint density at radius 3 is 2.48 bits per heavy atom. The van der Waals surface area contributed by atoms with Crippen molar-refractivity contribution in [2.24, 2.45) is 0 Å². The molecule has 146 valence electrons. The van der Waals surface area contributed by atoms with E-state index < -0.39 is 28.3 Å². The summed E-state index contributed by atoms with van der Waals surface area (Å²) in [7, 11) is -3.82. The topological polar surface area (TPSA) is 75.7 Å². The van der Waals surface area contributed by atoms with E-state index in [1.165, 1.54) is 18.2 Å². The summed E-state index contributed by atoms with van der Waals surface area (Å²) in [6, 6.07) is 11.1. The van der Waals surface area contributed by atoms with Crippen molar-refractivity contribution in [1.29, 1.82) is 0 Å². The highest BCUT2D eigenvalue weighted by Crippen LogP contribution is 2.21. The van der Waals surface area contributed by atoms with Gasteiger partial charge in [-0.3, -0.25) is 9.10 Å². The number of nitrogens with zero attached hydrogens (tertiary/aromatic N) is 1. The van der Waals surface area contributed by atoms with Crippen LogP contribution in [0.25, 0.3) is 0 Å². The molecule has 0 aromatic heterocycles. The van der Waals surface area contributed by atoms with Crippen LogP contribution in [0.5, 0.6) is 5.75 Å². The zero-order chi connectivity index (χ0) is 20.0. The molecule has 0 aliphatic heterocycles. The number of hydrogen-bond donors (Lipinski definition) is 1. The minimum Gasteiger partial charge on any atom is -0.492 e. The van der Waals surface area contributed by atoms with Crippen molar-refractivity contribution in [2.75, 3.05) is 30.3 Å². The fraction of sp³-hybridized carbons (Fsp3) is 0.316. The van der Waals surface area contributed by atoms with Gasteiger partial charge in [0, 0.05) is 0 Å². The number of halogens is 1. The standard InChI is InChI=1S/C19H23FN2O4S/c1-14-8-9-16(12-15(14)2)26-11-10-21-19(23)13-22(27(3,24)25)18-7-5-4-6-17(18)20/h4-9,12H,10-11,13H2,1-3H3,(H,21,23). The number of ether oxygens (including phenoxy) is 1. The molecule has 1 N–H and O–H groups in total. The lowest BCUT2D eigenvalue weighted by molar-refractivity contribution is -0.119. The Bertz CT molecular complexity index is 916. The number of carbonyl (C=O) groups excluding carboxylic acids is 1. The van der Waals surface area contributed by atoms with Gasteiger partial charge in [-0.15, -0.1) is 0 Å². The molecule has 0 unspecified atom stereocenters. The smallest absolute Gasteiger partial charge is 0.240 e. The number of amides is 1. The summed E-state index contributed by atoms with van der Waals surface area (Å²) >= 11 is 0. The maximum absolute atomic E-state index is 13.9. The first kappa shape index (κ1) is 20.7. The van der Waals surface area contributed by atoms with Crippen LogP contribution >= 0.6 is 0 Å². The molecule has 0 aliphatic carbocycles. The van der Waals surface area contributed by atoms with Crippen LogP contribution in [0.4, 0.5) is 10.1 Å². The number of benzene rings is 2. The van der Waals surface area contributed by atoms with Gasteiger partial charge in [-0.25, -0.2) is 12.8 Å². The molecule has 0 radical (unpaired) electrons. The van der Waals surface area contributed by atoms with Crippen molar-refractivity contribution in [1.82, 2.24) is 5.32 Å². The van der Waals surface area contributed by atoms with Gasteiger partial charge in [-0.2, -0.15) is 0 Å². The summed E-state index contributed by atoms with van der Waals surface area (Å²) in [6.07, 6.45) is 0.926. The monoisotopic (exact) mass is 394 g/mol. The van der Waals surface area contributed by atoms with Gasteiger partial charge in [-0.1, -0.05) is 18.2 Å². The summed E-state index contributed by atoms with van der Waals surface area (Å²) in [5.74, 6) is -0.572. The zero-order valence-electron chi connectivity index (χ0n) is 15.5. The third-order valence-electron chi connectivity index (χ3n) is 3.98. The van der Waals surface area contributed by atoms with Crippen LogP contribution in [0, 0.1) is 19.7 Å². The fourth-order valence-electron chi connectivity index (χ4n) is 2.38. The van der Waals surface area contributed by atoms with Gasteiger partial charge in [0.05, 0.1) is 18.5 Å². The molecule has 2 aromatic carbocycles. The van der Waals surface area contributed by atoms with E-state index in [4.69, 9.17) is 4.74 Å². The lowest BCUT2D eigenvalue weighted by atomic mass is 10.1. The maximum Gasteiger partial charge on any atom is 0.240 e. The highest BCUT2D eigenvalue weighted by Gasteiger charge is 2.23. The van der Waals surface area contributed by atoms with Gasteiger partial charge < -0.3 is 10.1 Å². The van der Waals surface area contributed by atoms with Gasteiger partial charge in [0.15, 0.2) is 0 Å². The van der Waals surface area contributed by atoms with Crippen molar-refractivity contribution < 1.29 is 22.3 Å². The van der Waals surface area contributed by atoms with Gasteiger partial charge >= 0.3 is 0 Å². The van der Waals surface area contributed by atoms with E-state index >= 15 is 0 Å². The normalized spacial score (nSPS) is 11.1. The Morgan fingerprint density at radius 1 is 1.15 bits per heavy atom. The van der Waals surface area contributed by atoms with Gasteiger partial charge in [0.25, 0.3) is 0 Å². The van der Waals surface area contributed by atoms with Gasteiger partial charge in [0.1, 0.15) is 24.7 Å². The van der Waals surface area contributed by atoms with E-state index in [1.807, 2.05) is 32.0 Å². The lowest BCUT2D eigenvalue weighted by Gasteiger charge is -2.22. The molecular weight excluding hydrogens is 371 g/mol. The largest absolute Gasteiger partial charge is 0.492 e. The number of hydrogen-bond acceptors (Lipinski definition) is 4. The Hall–Kier alpha value is -2.61. The molecule has 0 spiro atoms. The SMILES string of the molecule is Cc1ccc(OCCNC(=O)CN(c2ccccc2F)S(C)(=O)=O)cc1C. The van der Waals surface area contributed by atoms with Crippen LogP contribution in [-0.4, -0.2) is 40.3 Å². The van der Waals surface area contributed by atoms with Crippen LogP contribution in [0.2, 0.25) is 0 Å². The highest BCUT2D eigenvalue weighted by molar-refractivity contribution is 7.92. The Morgan fingerprint density at radius 2 is 1.85 bits per heavy atom. The predicted octanol–water partition coefficient (Wildman–Crippen LogP) is 2.40. The molecule has 0 saturated carbocycles. The first-order valence-electron chi connectivity index (χ1n) is 8.37. The molecular formula is C19H23FN2O4S. The van der Waals surface area contributed by atoms with Crippen LogP contribution in [0.1, 0.15) is 11.1 Å². The van der Waals surface area contributed by atoms with E-state index in [-0.39, 0.29) is 18.8 Å².